The van der Waals surface area contributed by atoms with Crippen LogP contribution in [0.5, 0.6) is 5.75 Å². The van der Waals surface area contributed by atoms with Crippen molar-refractivity contribution in [3.63, 3.8) is 0 Å². The van der Waals surface area contributed by atoms with Gasteiger partial charge in [-0.25, -0.2) is 0 Å². The van der Waals surface area contributed by atoms with Crippen LogP contribution in [0, 0.1) is 0 Å². The van der Waals surface area contributed by atoms with E-state index in [4.69, 9.17) is 10.5 Å². The van der Waals surface area contributed by atoms with Gasteiger partial charge in [-0.3, -0.25) is 9.69 Å². The van der Waals surface area contributed by atoms with Crippen LogP contribution in [0.1, 0.15) is 13.3 Å². The Labute approximate surface area is 130 Å². The second-order valence-corrected chi connectivity index (χ2v) is 6.37. The molecule has 0 aromatic heterocycles. The van der Waals surface area contributed by atoms with Crippen molar-refractivity contribution in [1.82, 2.24) is 4.90 Å². The predicted molar refractivity (Wildman–Crippen MR) is 89.0 cm³/mol. The lowest BCUT2D eigenvalue weighted by molar-refractivity contribution is -0.116. The first-order chi connectivity index (χ1) is 10.1. The van der Waals surface area contributed by atoms with Gasteiger partial charge < -0.3 is 15.8 Å². The molecule has 1 unspecified atom stereocenters. The molecule has 1 heterocycles. The van der Waals surface area contributed by atoms with Gasteiger partial charge in [0, 0.05) is 48.8 Å². The monoisotopic (exact) mass is 309 g/mol. The minimum absolute atomic E-state index is 0.00324. The molecule has 0 saturated carbocycles. The van der Waals surface area contributed by atoms with E-state index in [0.717, 1.165) is 24.6 Å². The lowest BCUT2D eigenvalue weighted by atomic mass is 10.2. The summed E-state index contributed by atoms with van der Waals surface area (Å²) in [4.78, 5) is 14.5. The van der Waals surface area contributed by atoms with Crippen LogP contribution in [0.25, 0.3) is 0 Å². The summed E-state index contributed by atoms with van der Waals surface area (Å²) in [6, 6.07) is 5.77. The quantitative estimate of drug-likeness (QED) is 0.815. The molecule has 116 valence electrons. The summed E-state index contributed by atoms with van der Waals surface area (Å²) in [5.41, 5.74) is 6.98. The van der Waals surface area contributed by atoms with Crippen LogP contribution in [-0.2, 0) is 4.79 Å². The second kappa shape index (κ2) is 7.56. The third-order valence-electron chi connectivity index (χ3n) is 3.63. The fraction of sp³-hybridized carbons (Fsp3) is 0.533. The number of nitrogens with one attached hydrogen (secondary N) is 1. The smallest absolute Gasteiger partial charge is 0.225 e. The molecule has 0 aliphatic carbocycles. The number of carbonyl (C=O) groups is 1. The normalized spacial score (nSPS) is 19.2. The molecule has 0 radical (unpaired) electrons. The summed E-state index contributed by atoms with van der Waals surface area (Å²) in [6.07, 6.45) is 0.489. The second-order valence-electron chi connectivity index (χ2n) is 5.22. The van der Waals surface area contributed by atoms with Crippen LogP contribution in [0.2, 0.25) is 0 Å². The Kier molecular flexibility index (Phi) is 5.76. The minimum Gasteiger partial charge on any atom is -0.494 e. The molecule has 21 heavy (non-hydrogen) atoms. The number of hydrogen-bond donors (Lipinski definition) is 2. The highest BCUT2D eigenvalue weighted by Gasteiger charge is 2.19. The number of ether oxygens (including phenoxy) is 1. The van der Waals surface area contributed by atoms with E-state index in [1.807, 2.05) is 11.8 Å². The molecule has 1 aromatic carbocycles. The van der Waals surface area contributed by atoms with E-state index in [9.17, 15) is 4.79 Å². The summed E-state index contributed by atoms with van der Waals surface area (Å²) < 4.78 is 5.23. The van der Waals surface area contributed by atoms with Gasteiger partial charge in [0.1, 0.15) is 5.75 Å². The molecule has 1 fully saturated rings. The SMILES string of the molecule is COc1cc(N)ccc1NC(=O)CCN1CCSCC1C. The van der Waals surface area contributed by atoms with Crippen LogP contribution < -0.4 is 15.8 Å². The van der Waals surface area contributed by atoms with Crippen molar-refractivity contribution >= 4 is 29.0 Å². The van der Waals surface area contributed by atoms with E-state index >= 15 is 0 Å². The molecular weight excluding hydrogens is 286 g/mol. The van der Waals surface area contributed by atoms with Crippen molar-refractivity contribution in [3.8, 4) is 5.75 Å². The molecule has 1 atom stereocenters. The zero-order chi connectivity index (χ0) is 15.2. The summed E-state index contributed by atoms with van der Waals surface area (Å²) >= 11 is 1.98. The lowest BCUT2D eigenvalue weighted by Crippen LogP contribution is -2.41. The zero-order valence-electron chi connectivity index (χ0n) is 12.6. The average Bonchev–Trinajstić information content (AvgIpc) is 2.48. The van der Waals surface area contributed by atoms with Crippen molar-refractivity contribution in [2.24, 2.45) is 0 Å². The number of nitrogen functional groups attached to an aromatic ring is 1. The number of benzene rings is 1. The van der Waals surface area contributed by atoms with Gasteiger partial charge in [0.25, 0.3) is 0 Å². The largest absolute Gasteiger partial charge is 0.494 e. The van der Waals surface area contributed by atoms with Crippen LogP contribution in [0.3, 0.4) is 0 Å². The Bertz CT molecular complexity index is 496. The highest BCUT2D eigenvalue weighted by molar-refractivity contribution is 7.99. The number of hydrogen-bond acceptors (Lipinski definition) is 5. The van der Waals surface area contributed by atoms with Gasteiger partial charge in [-0.15, -0.1) is 0 Å². The number of carbonyl (C=O) groups excluding carboxylic acids is 1. The number of thioether (sulfide) groups is 1. The lowest BCUT2D eigenvalue weighted by Gasteiger charge is -2.32. The predicted octanol–water partition coefficient (Wildman–Crippen LogP) is 2.04. The van der Waals surface area contributed by atoms with Gasteiger partial charge in [0.15, 0.2) is 0 Å². The van der Waals surface area contributed by atoms with Gasteiger partial charge in [-0.05, 0) is 19.1 Å². The number of nitrogens with zero attached hydrogens (tertiary/aromatic N) is 1. The van der Waals surface area contributed by atoms with E-state index in [2.05, 4.69) is 17.1 Å². The molecule has 6 heteroatoms. The fourth-order valence-corrected chi connectivity index (χ4v) is 3.44. The Morgan fingerprint density at radius 2 is 2.38 bits per heavy atom. The molecule has 2 rings (SSSR count). The molecule has 0 spiro atoms. The zero-order valence-corrected chi connectivity index (χ0v) is 13.4. The maximum absolute atomic E-state index is 12.1. The van der Waals surface area contributed by atoms with E-state index in [1.165, 1.54) is 0 Å². The topological polar surface area (TPSA) is 67.6 Å². The first-order valence-corrected chi connectivity index (χ1v) is 8.31. The van der Waals surface area contributed by atoms with Gasteiger partial charge in [-0.2, -0.15) is 11.8 Å². The molecule has 5 nitrogen and oxygen atoms in total. The minimum atomic E-state index is 0.00324. The van der Waals surface area contributed by atoms with E-state index in [0.29, 0.717) is 29.6 Å². The highest BCUT2D eigenvalue weighted by Crippen LogP contribution is 2.26. The molecule has 1 aromatic rings. The highest BCUT2D eigenvalue weighted by atomic mass is 32.2. The van der Waals surface area contributed by atoms with E-state index in [1.54, 1.807) is 25.3 Å². The molecule has 1 amide bonds. The first kappa shape index (κ1) is 16.0. The Balaban J connectivity index is 1.87. The number of rotatable bonds is 5. The molecule has 0 bridgehead atoms. The van der Waals surface area contributed by atoms with Crippen LogP contribution >= 0.6 is 11.8 Å². The van der Waals surface area contributed by atoms with Gasteiger partial charge in [0.2, 0.25) is 5.91 Å². The summed E-state index contributed by atoms with van der Waals surface area (Å²) in [5, 5.41) is 2.89. The summed E-state index contributed by atoms with van der Waals surface area (Å²) in [7, 11) is 1.57. The van der Waals surface area contributed by atoms with Crippen LogP contribution in [0.15, 0.2) is 18.2 Å². The van der Waals surface area contributed by atoms with Gasteiger partial charge >= 0.3 is 0 Å². The summed E-state index contributed by atoms with van der Waals surface area (Å²) in [5.74, 6) is 2.89. The van der Waals surface area contributed by atoms with Crippen LogP contribution in [0.4, 0.5) is 11.4 Å². The number of amides is 1. The number of nitrogens with two attached hydrogens (primary N) is 1. The summed E-state index contributed by atoms with van der Waals surface area (Å²) in [6.45, 7) is 4.07. The average molecular weight is 309 g/mol. The Morgan fingerprint density at radius 1 is 1.57 bits per heavy atom. The third kappa shape index (κ3) is 4.54. The van der Waals surface area contributed by atoms with Crippen molar-refractivity contribution in [3.05, 3.63) is 18.2 Å². The Morgan fingerprint density at radius 3 is 3.10 bits per heavy atom. The molecule has 1 aliphatic rings. The van der Waals surface area contributed by atoms with Gasteiger partial charge in [0.05, 0.1) is 12.8 Å². The fourth-order valence-electron chi connectivity index (χ4n) is 2.36. The van der Waals surface area contributed by atoms with Crippen LogP contribution in [-0.4, -0.2) is 48.6 Å². The maximum atomic E-state index is 12.1. The van der Waals surface area contributed by atoms with Crippen molar-refractivity contribution in [1.29, 1.82) is 0 Å². The van der Waals surface area contributed by atoms with Gasteiger partial charge in [-0.1, -0.05) is 0 Å². The van der Waals surface area contributed by atoms with Crippen molar-refractivity contribution in [2.75, 3.05) is 42.8 Å². The third-order valence-corrected chi connectivity index (χ3v) is 4.82. The van der Waals surface area contributed by atoms with Crippen molar-refractivity contribution < 1.29 is 9.53 Å². The Hall–Kier alpha value is -1.40. The molecule has 1 saturated heterocycles. The molecule has 3 N–H and O–H groups in total. The number of anilines is 2. The van der Waals surface area contributed by atoms with Crippen molar-refractivity contribution in [2.45, 2.75) is 19.4 Å². The van der Waals surface area contributed by atoms with E-state index < -0.39 is 0 Å². The maximum Gasteiger partial charge on any atom is 0.225 e. The number of methoxy groups -OCH3 is 1. The molecular formula is C15H23N3O2S. The standard InChI is InChI=1S/C15H23N3O2S/c1-11-10-21-8-7-18(11)6-5-15(19)17-13-4-3-12(16)9-14(13)20-2/h3-4,9,11H,5-8,10,16H2,1-2H3,(H,17,19). The van der Waals surface area contributed by atoms with E-state index in [-0.39, 0.29) is 5.91 Å². The first-order valence-electron chi connectivity index (χ1n) is 7.15. The molecule has 1 aliphatic heterocycles.